The van der Waals surface area contributed by atoms with E-state index in [-0.39, 0.29) is 22.0 Å². The van der Waals surface area contributed by atoms with Gasteiger partial charge in [-0.2, -0.15) is 0 Å². The predicted molar refractivity (Wildman–Crippen MR) is 319 cm³/mol. The van der Waals surface area contributed by atoms with E-state index in [1.54, 1.807) is 0 Å². The lowest BCUT2D eigenvalue weighted by Crippen LogP contribution is -2.37. The van der Waals surface area contributed by atoms with E-state index in [4.69, 9.17) is 9.97 Å². The quantitative estimate of drug-likeness (QED) is 0.154. The zero-order chi connectivity index (χ0) is 52.2. The summed E-state index contributed by atoms with van der Waals surface area (Å²) in [5.74, 6) is 0.972. The summed E-state index contributed by atoms with van der Waals surface area (Å²) in [6.45, 7) is 34.6. The largest absolute Gasteiger partial charge is 0.507 e. The maximum absolute atomic E-state index is 12.7. The Labute approximate surface area is 435 Å². The van der Waals surface area contributed by atoms with Gasteiger partial charge in [-0.15, -0.1) is 0 Å². The summed E-state index contributed by atoms with van der Waals surface area (Å²) in [6, 6.07) is 55.9. The van der Waals surface area contributed by atoms with Crippen LogP contribution in [0.15, 0.2) is 158 Å². The molecular formula is C66H72N4OSi2. The Bertz CT molecular complexity index is 3770. The van der Waals surface area contributed by atoms with Gasteiger partial charge in [-0.25, -0.2) is 4.98 Å². The molecule has 10 aromatic rings. The number of aromatic nitrogens is 4. The Balaban J connectivity index is 1.29. The van der Waals surface area contributed by atoms with Crippen LogP contribution in [0.3, 0.4) is 0 Å². The summed E-state index contributed by atoms with van der Waals surface area (Å²) in [6.07, 6.45) is 1.98. The van der Waals surface area contributed by atoms with Gasteiger partial charge in [0.15, 0.2) is 0 Å². The number of phenols is 1. The zero-order valence-corrected chi connectivity index (χ0v) is 47.7. The van der Waals surface area contributed by atoms with E-state index in [2.05, 4.69) is 262 Å². The maximum Gasteiger partial charge on any atom is 0.149 e. The molecule has 1 N–H and O–H groups in total. The van der Waals surface area contributed by atoms with Gasteiger partial charge in [0.2, 0.25) is 0 Å². The molecule has 3 aromatic heterocycles. The minimum Gasteiger partial charge on any atom is -0.507 e. The van der Waals surface area contributed by atoms with Crippen molar-refractivity contribution in [1.82, 2.24) is 19.1 Å². The van der Waals surface area contributed by atoms with Crippen LogP contribution in [-0.2, 0) is 16.2 Å². The number of hydrogen-bond donors (Lipinski definition) is 1. The molecule has 7 aromatic carbocycles. The Kier molecular flexibility index (Phi) is 12.1. The molecule has 0 aliphatic heterocycles. The monoisotopic (exact) mass is 993 g/mol. The highest BCUT2D eigenvalue weighted by atomic mass is 28.3. The van der Waals surface area contributed by atoms with Gasteiger partial charge in [-0.1, -0.05) is 209 Å². The highest BCUT2D eigenvalue weighted by Gasteiger charge is 2.31. The highest BCUT2D eigenvalue weighted by Crippen LogP contribution is 2.47. The van der Waals surface area contributed by atoms with Crippen LogP contribution in [0.25, 0.3) is 89.1 Å². The van der Waals surface area contributed by atoms with Crippen LogP contribution in [0, 0.1) is 0 Å². The first-order valence-electron chi connectivity index (χ1n) is 26.0. The topological polar surface area (TPSA) is 55.9 Å². The number of benzene rings is 7. The number of fused-ring (bicyclic) bond motifs is 4. The molecule has 0 aliphatic carbocycles. The number of hydrogen-bond acceptors (Lipinski definition) is 3. The Morgan fingerprint density at radius 1 is 0.466 bits per heavy atom. The minimum absolute atomic E-state index is 0.187. The molecule has 0 spiro atoms. The van der Waals surface area contributed by atoms with Gasteiger partial charge in [0.05, 0.1) is 55.2 Å². The average Bonchev–Trinajstić information content (AvgIpc) is 3.89. The lowest BCUT2D eigenvalue weighted by molar-refractivity contribution is 0.446. The number of phenolic OH excluding ortho intramolecular Hbond substituents is 1. The number of imidazole rings is 1. The molecule has 0 bridgehead atoms. The lowest BCUT2D eigenvalue weighted by atomic mass is 9.79. The fourth-order valence-corrected chi connectivity index (χ4v) is 12.8. The molecule has 5 nitrogen and oxygen atoms in total. The maximum atomic E-state index is 12.7. The fourth-order valence-electron chi connectivity index (χ4n) is 10.5. The number of pyridine rings is 1. The molecule has 0 atom stereocenters. The van der Waals surface area contributed by atoms with Crippen LogP contribution in [0.4, 0.5) is 0 Å². The number of nitrogens with zero attached hydrogens (tertiary/aromatic N) is 4. The number of rotatable bonds is 8. The van der Waals surface area contributed by atoms with E-state index in [0.29, 0.717) is 5.82 Å². The smallest absolute Gasteiger partial charge is 0.149 e. The lowest BCUT2D eigenvalue weighted by Gasteiger charge is -2.28. The molecule has 0 aliphatic rings. The summed E-state index contributed by atoms with van der Waals surface area (Å²) >= 11 is 0. The van der Waals surface area contributed by atoms with Crippen molar-refractivity contribution in [3.8, 4) is 62.0 Å². The van der Waals surface area contributed by atoms with E-state index in [0.717, 1.165) is 83.3 Å². The van der Waals surface area contributed by atoms with Gasteiger partial charge in [0.25, 0.3) is 0 Å². The minimum atomic E-state index is -1.74. The van der Waals surface area contributed by atoms with E-state index < -0.39 is 16.1 Å². The molecule has 0 unspecified atom stereocenters. The number of para-hydroxylation sites is 2. The third kappa shape index (κ3) is 9.09. The van der Waals surface area contributed by atoms with Crippen LogP contribution < -0.4 is 10.4 Å². The van der Waals surface area contributed by atoms with Gasteiger partial charge >= 0.3 is 0 Å². The zero-order valence-electron chi connectivity index (χ0n) is 45.7. The first-order chi connectivity index (χ1) is 34.3. The second kappa shape index (κ2) is 17.7. The summed E-state index contributed by atoms with van der Waals surface area (Å²) in [5, 5.41) is 17.8. The van der Waals surface area contributed by atoms with Crippen LogP contribution in [0.5, 0.6) is 5.75 Å². The van der Waals surface area contributed by atoms with Gasteiger partial charge in [0.1, 0.15) is 11.6 Å². The van der Waals surface area contributed by atoms with Crippen molar-refractivity contribution < 1.29 is 5.11 Å². The van der Waals surface area contributed by atoms with E-state index in [1.165, 1.54) is 27.0 Å². The Hall–Kier alpha value is -6.81. The van der Waals surface area contributed by atoms with E-state index in [1.807, 2.05) is 6.20 Å². The summed E-state index contributed by atoms with van der Waals surface area (Å²) in [5.41, 5.74) is 16.0. The summed E-state index contributed by atoms with van der Waals surface area (Å²) in [7, 11) is -3.33. The van der Waals surface area contributed by atoms with Gasteiger partial charge in [-0.05, 0) is 93.1 Å². The van der Waals surface area contributed by atoms with Crippen LogP contribution in [0.2, 0.25) is 39.3 Å². The molecule has 10 rings (SSSR count). The Morgan fingerprint density at radius 3 is 1.78 bits per heavy atom. The van der Waals surface area contributed by atoms with Gasteiger partial charge in [0, 0.05) is 44.9 Å². The molecule has 0 radical (unpaired) electrons. The standard InChI is InChI=1S/C66H72N4OSi2/c1-64(2,3)45-36-43(35-44(37-45)60-59-51-27-19-20-29-55(51)69(57(59)33-34-67-60)47-25-21-26-48(40-47)72(10,11)12)50-28-22-30-58-61(50)68-63(53-38-46(65(4,5)6)39-54(62(53)71)66(7,8)9)70(58)56-32-31-49(73(13,14)15)41-52(56)42-23-17-16-18-24-42/h16-41,71H,1-15H3. The van der Waals surface area contributed by atoms with Crippen molar-refractivity contribution >= 4 is 59.4 Å². The van der Waals surface area contributed by atoms with Crippen LogP contribution >= 0.6 is 0 Å². The second-order valence-electron chi connectivity index (χ2n) is 25.5. The summed E-state index contributed by atoms with van der Waals surface area (Å²) < 4.78 is 4.75. The van der Waals surface area contributed by atoms with Crippen molar-refractivity contribution in [3.63, 3.8) is 0 Å². The van der Waals surface area contributed by atoms with Gasteiger partial charge < -0.3 is 9.67 Å². The number of aromatic hydroxyl groups is 1. The molecule has 0 saturated heterocycles. The molecule has 3 heterocycles. The normalized spacial score (nSPS) is 12.9. The van der Waals surface area contributed by atoms with E-state index >= 15 is 0 Å². The SMILES string of the molecule is CC(C)(C)c1cc(-c2cccc3c2nc(-c2cc(C(C)(C)C)cc(C(C)(C)C)c2O)n3-c2ccc([Si](C)(C)C)cc2-c2ccccc2)cc(-c2nccc3c2c2ccccc2n3-c2cccc([Si](C)(C)C)c2)c1. The Morgan fingerprint density at radius 2 is 1.10 bits per heavy atom. The van der Waals surface area contributed by atoms with E-state index in [9.17, 15) is 5.11 Å². The first-order valence-corrected chi connectivity index (χ1v) is 33.0. The molecule has 7 heteroatoms. The fraction of sp³-hybridized carbons (Fsp3) is 0.273. The van der Waals surface area contributed by atoms with Crippen molar-refractivity contribution in [1.29, 1.82) is 0 Å². The van der Waals surface area contributed by atoms with Crippen LogP contribution in [0.1, 0.15) is 79.0 Å². The van der Waals surface area contributed by atoms with Gasteiger partial charge in [-0.3, -0.25) is 9.55 Å². The predicted octanol–water partition coefficient (Wildman–Crippen LogP) is 16.9. The molecular weight excluding hydrogens is 921 g/mol. The molecule has 0 saturated carbocycles. The van der Waals surface area contributed by atoms with Crippen LogP contribution in [-0.4, -0.2) is 40.4 Å². The third-order valence-corrected chi connectivity index (χ3v) is 18.9. The summed E-state index contributed by atoms with van der Waals surface area (Å²) in [4.78, 5) is 11.1. The molecule has 0 amide bonds. The van der Waals surface area contributed by atoms with Crippen molar-refractivity contribution in [2.45, 2.75) is 118 Å². The molecule has 370 valence electrons. The average molecular weight is 994 g/mol. The third-order valence-electron chi connectivity index (χ3n) is 14.8. The molecule has 0 fully saturated rings. The highest BCUT2D eigenvalue weighted by molar-refractivity contribution is 6.89. The van der Waals surface area contributed by atoms with Crippen molar-refractivity contribution in [2.75, 3.05) is 0 Å². The van der Waals surface area contributed by atoms with Crippen molar-refractivity contribution in [3.05, 3.63) is 175 Å². The molecule has 73 heavy (non-hydrogen) atoms. The van der Waals surface area contributed by atoms with Crippen molar-refractivity contribution in [2.24, 2.45) is 0 Å². The first kappa shape index (κ1) is 49.8. The second-order valence-corrected chi connectivity index (χ2v) is 35.6.